The molecule has 2 nitrogen and oxygen atoms in total. The van der Waals surface area contributed by atoms with E-state index in [0.717, 1.165) is 41.8 Å². The van der Waals surface area contributed by atoms with Gasteiger partial charge in [-0.05, 0) is 31.4 Å². The maximum atomic E-state index is 6.09. The molecule has 0 saturated carbocycles. The lowest BCUT2D eigenvalue weighted by atomic mass is 9.98. The Labute approximate surface area is 115 Å². The second-order valence-corrected chi connectivity index (χ2v) is 5.31. The van der Waals surface area contributed by atoms with Crippen molar-refractivity contribution in [3.05, 3.63) is 35.5 Å². The summed E-state index contributed by atoms with van der Waals surface area (Å²) in [4.78, 5) is 4.71. The predicted octanol–water partition coefficient (Wildman–Crippen LogP) is 4.85. The first-order chi connectivity index (χ1) is 9.15. The number of hydrogen-bond acceptors (Lipinski definition) is 2. The van der Waals surface area contributed by atoms with E-state index in [9.17, 15) is 0 Å². The van der Waals surface area contributed by atoms with Crippen LogP contribution < -0.4 is 4.74 Å². The molecular weight excluding hydrogens is 234 g/mol. The van der Waals surface area contributed by atoms with E-state index in [-0.39, 0.29) is 0 Å². The molecular formula is C17H23NO. The molecule has 1 aromatic heterocycles. The summed E-state index contributed by atoms with van der Waals surface area (Å²) in [6.07, 6.45) is 2.24. The van der Waals surface area contributed by atoms with E-state index in [4.69, 9.17) is 9.72 Å². The molecule has 2 heteroatoms. The zero-order valence-corrected chi connectivity index (χ0v) is 12.4. The molecule has 0 aliphatic heterocycles. The highest BCUT2D eigenvalue weighted by Crippen LogP contribution is 2.35. The molecule has 19 heavy (non-hydrogen) atoms. The molecule has 1 heterocycles. The lowest BCUT2D eigenvalue weighted by Gasteiger charge is -2.18. The SMILES string of the molecule is CCCCOc1c(C(C)C)c(C)nc2ccccc12. The van der Waals surface area contributed by atoms with Gasteiger partial charge in [0.15, 0.2) is 0 Å². The Balaban J connectivity index is 2.55. The van der Waals surface area contributed by atoms with Crippen LogP contribution in [0.15, 0.2) is 24.3 Å². The Morgan fingerprint density at radius 3 is 2.63 bits per heavy atom. The molecule has 0 atom stereocenters. The van der Waals surface area contributed by atoms with Gasteiger partial charge >= 0.3 is 0 Å². The van der Waals surface area contributed by atoms with Crippen LogP contribution in [0, 0.1) is 6.92 Å². The van der Waals surface area contributed by atoms with Crippen LogP contribution in [0.2, 0.25) is 0 Å². The van der Waals surface area contributed by atoms with E-state index in [0.29, 0.717) is 5.92 Å². The van der Waals surface area contributed by atoms with Crippen molar-refractivity contribution in [2.75, 3.05) is 6.61 Å². The van der Waals surface area contributed by atoms with E-state index in [1.165, 1.54) is 5.56 Å². The third-order valence-corrected chi connectivity index (χ3v) is 3.39. The van der Waals surface area contributed by atoms with Gasteiger partial charge in [-0.15, -0.1) is 0 Å². The third kappa shape index (κ3) is 2.89. The molecule has 0 bridgehead atoms. The van der Waals surface area contributed by atoms with Crippen molar-refractivity contribution in [2.45, 2.75) is 46.5 Å². The number of nitrogens with zero attached hydrogens (tertiary/aromatic N) is 1. The standard InChI is InChI=1S/C17H23NO/c1-5-6-11-19-17-14-9-7-8-10-15(14)18-13(4)16(17)12(2)3/h7-10,12H,5-6,11H2,1-4H3. The maximum Gasteiger partial charge on any atom is 0.133 e. The summed E-state index contributed by atoms with van der Waals surface area (Å²) in [6, 6.07) is 8.24. The van der Waals surface area contributed by atoms with E-state index in [2.05, 4.69) is 45.9 Å². The summed E-state index contributed by atoms with van der Waals surface area (Å²) in [5.74, 6) is 1.46. The Hall–Kier alpha value is -1.57. The lowest BCUT2D eigenvalue weighted by molar-refractivity contribution is 0.308. The van der Waals surface area contributed by atoms with Crippen LogP contribution in [0.4, 0.5) is 0 Å². The van der Waals surface area contributed by atoms with Gasteiger partial charge in [-0.3, -0.25) is 4.98 Å². The number of hydrogen-bond donors (Lipinski definition) is 0. The summed E-state index contributed by atoms with van der Waals surface area (Å²) >= 11 is 0. The molecule has 0 fully saturated rings. The van der Waals surface area contributed by atoms with Crippen LogP contribution >= 0.6 is 0 Å². The minimum absolute atomic E-state index is 0.425. The zero-order valence-electron chi connectivity index (χ0n) is 12.4. The van der Waals surface area contributed by atoms with Crippen LogP contribution in [0.25, 0.3) is 10.9 Å². The highest BCUT2D eigenvalue weighted by atomic mass is 16.5. The number of rotatable bonds is 5. The van der Waals surface area contributed by atoms with Crippen molar-refractivity contribution >= 4 is 10.9 Å². The van der Waals surface area contributed by atoms with Crippen molar-refractivity contribution in [1.29, 1.82) is 0 Å². The van der Waals surface area contributed by atoms with Gasteiger partial charge in [0.1, 0.15) is 5.75 Å². The fraction of sp³-hybridized carbons (Fsp3) is 0.471. The number of benzene rings is 1. The molecule has 102 valence electrons. The molecule has 0 aliphatic rings. The van der Waals surface area contributed by atoms with Crippen LogP contribution in [-0.2, 0) is 0 Å². The van der Waals surface area contributed by atoms with Crippen molar-refractivity contribution in [3.8, 4) is 5.75 Å². The van der Waals surface area contributed by atoms with Gasteiger partial charge in [-0.1, -0.05) is 39.3 Å². The fourth-order valence-corrected chi connectivity index (χ4v) is 2.47. The largest absolute Gasteiger partial charge is 0.493 e. The van der Waals surface area contributed by atoms with Crippen LogP contribution in [0.3, 0.4) is 0 Å². The number of ether oxygens (including phenoxy) is 1. The van der Waals surface area contributed by atoms with Crippen LogP contribution in [-0.4, -0.2) is 11.6 Å². The van der Waals surface area contributed by atoms with Gasteiger partial charge < -0.3 is 4.74 Å². The fourth-order valence-electron chi connectivity index (χ4n) is 2.47. The van der Waals surface area contributed by atoms with Crippen LogP contribution in [0.5, 0.6) is 5.75 Å². The number of fused-ring (bicyclic) bond motifs is 1. The molecule has 0 N–H and O–H groups in total. The minimum Gasteiger partial charge on any atom is -0.493 e. The highest BCUT2D eigenvalue weighted by molar-refractivity contribution is 5.87. The zero-order chi connectivity index (χ0) is 13.8. The number of pyridine rings is 1. The van der Waals surface area contributed by atoms with Gasteiger partial charge in [-0.2, -0.15) is 0 Å². The smallest absolute Gasteiger partial charge is 0.133 e. The van der Waals surface area contributed by atoms with Crippen LogP contribution in [0.1, 0.15) is 50.8 Å². The normalized spacial score (nSPS) is 11.2. The first kappa shape index (κ1) is 13.9. The van der Waals surface area contributed by atoms with E-state index >= 15 is 0 Å². The molecule has 0 spiro atoms. The predicted molar refractivity (Wildman–Crippen MR) is 81.0 cm³/mol. The second kappa shape index (κ2) is 6.05. The second-order valence-electron chi connectivity index (χ2n) is 5.31. The molecule has 2 rings (SSSR count). The van der Waals surface area contributed by atoms with Crippen molar-refractivity contribution in [3.63, 3.8) is 0 Å². The average Bonchev–Trinajstić information content (AvgIpc) is 2.38. The summed E-state index contributed by atoms with van der Waals surface area (Å²) in [5.41, 5.74) is 3.35. The maximum absolute atomic E-state index is 6.09. The van der Waals surface area contributed by atoms with Crippen molar-refractivity contribution < 1.29 is 4.74 Å². The quantitative estimate of drug-likeness (QED) is 0.715. The van der Waals surface area contributed by atoms with E-state index in [1.54, 1.807) is 0 Å². The number of para-hydroxylation sites is 1. The van der Waals surface area contributed by atoms with Gasteiger partial charge in [0.25, 0.3) is 0 Å². The molecule has 0 radical (unpaired) electrons. The molecule has 0 saturated heterocycles. The lowest BCUT2D eigenvalue weighted by Crippen LogP contribution is -2.05. The Morgan fingerprint density at radius 1 is 1.21 bits per heavy atom. The number of unbranched alkanes of at least 4 members (excludes halogenated alkanes) is 1. The molecule has 0 aliphatic carbocycles. The Morgan fingerprint density at radius 2 is 1.95 bits per heavy atom. The van der Waals surface area contributed by atoms with E-state index in [1.807, 2.05) is 6.07 Å². The van der Waals surface area contributed by atoms with E-state index < -0.39 is 0 Å². The Kier molecular flexibility index (Phi) is 4.41. The summed E-state index contributed by atoms with van der Waals surface area (Å²) in [5, 5.41) is 1.13. The number of aryl methyl sites for hydroxylation is 1. The molecule has 0 amide bonds. The monoisotopic (exact) mass is 257 g/mol. The van der Waals surface area contributed by atoms with Gasteiger partial charge in [0, 0.05) is 16.6 Å². The van der Waals surface area contributed by atoms with Crippen molar-refractivity contribution in [1.82, 2.24) is 4.98 Å². The molecule has 2 aromatic rings. The average molecular weight is 257 g/mol. The molecule has 0 unspecified atom stereocenters. The highest BCUT2D eigenvalue weighted by Gasteiger charge is 2.16. The molecule has 1 aromatic carbocycles. The first-order valence-corrected chi connectivity index (χ1v) is 7.17. The topological polar surface area (TPSA) is 22.1 Å². The number of aromatic nitrogens is 1. The van der Waals surface area contributed by atoms with Gasteiger partial charge in [0.05, 0.1) is 12.1 Å². The van der Waals surface area contributed by atoms with Gasteiger partial charge in [0.2, 0.25) is 0 Å². The summed E-state index contributed by atoms with van der Waals surface area (Å²) < 4.78 is 6.09. The third-order valence-electron chi connectivity index (χ3n) is 3.39. The Bertz CT molecular complexity index is 560. The summed E-state index contributed by atoms with van der Waals surface area (Å²) in [7, 11) is 0. The minimum atomic E-state index is 0.425. The van der Waals surface area contributed by atoms with Gasteiger partial charge in [-0.25, -0.2) is 0 Å². The first-order valence-electron chi connectivity index (χ1n) is 7.17. The van der Waals surface area contributed by atoms with Crippen molar-refractivity contribution in [2.24, 2.45) is 0 Å². The summed E-state index contributed by atoms with van der Waals surface area (Å²) in [6.45, 7) is 9.44.